The van der Waals surface area contributed by atoms with Gasteiger partial charge in [-0.1, -0.05) is 24.8 Å². The lowest BCUT2D eigenvalue weighted by molar-refractivity contribution is 0.378. The average molecular weight is 353 g/mol. The predicted octanol–water partition coefficient (Wildman–Crippen LogP) is 3.90. The van der Waals surface area contributed by atoms with Gasteiger partial charge in [0.2, 0.25) is 5.95 Å². The average Bonchev–Trinajstić information content (AvgIpc) is 3.04. The van der Waals surface area contributed by atoms with Gasteiger partial charge in [-0.25, -0.2) is 4.39 Å². The van der Waals surface area contributed by atoms with Crippen LogP contribution < -0.4 is 10.1 Å². The minimum Gasteiger partial charge on any atom is -0.467 e. The van der Waals surface area contributed by atoms with Crippen molar-refractivity contribution in [1.82, 2.24) is 19.9 Å². The molecule has 0 spiro atoms. The second-order valence-corrected chi connectivity index (χ2v) is 5.76. The maximum absolute atomic E-state index is 13.1. The summed E-state index contributed by atoms with van der Waals surface area (Å²) < 4.78 is 18.2. The van der Waals surface area contributed by atoms with Gasteiger partial charge in [-0.2, -0.15) is 15.0 Å². The van der Waals surface area contributed by atoms with E-state index in [4.69, 9.17) is 4.74 Å². The molecule has 2 aromatic heterocycles. The highest BCUT2D eigenvalue weighted by molar-refractivity contribution is 5.83. The first kappa shape index (κ1) is 17.6. The van der Waals surface area contributed by atoms with E-state index in [0.29, 0.717) is 18.1 Å². The Morgan fingerprint density at radius 2 is 2.12 bits per heavy atom. The molecule has 2 N–H and O–H groups in total. The summed E-state index contributed by atoms with van der Waals surface area (Å²) in [5.41, 5.74) is 2.66. The molecule has 3 aromatic rings. The van der Waals surface area contributed by atoms with Crippen LogP contribution in [0.1, 0.15) is 18.3 Å². The molecule has 0 aliphatic carbocycles. The minimum absolute atomic E-state index is 0.149. The van der Waals surface area contributed by atoms with Gasteiger partial charge < -0.3 is 15.0 Å². The van der Waals surface area contributed by atoms with Gasteiger partial charge in [0.05, 0.1) is 12.9 Å². The van der Waals surface area contributed by atoms with Crippen molar-refractivity contribution in [3.63, 3.8) is 0 Å². The number of aromatic nitrogens is 4. The van der Waals surface area contributed by atoms with Crippen molar-refractivity contribution in [1.29, 1.82) is 0 Å². The van der Waals surface area contributed by atoms with Crippen LogP contribution in [0.5, 0.6) is 6.01 Å². The van der Waals surface area contributed by atoms with E-state index < -0.39 is 0 Å². The number of hydrogen-bond donors (Lipinski definition) is 2. The molecule has 26 heavy (non-hydrogen) atoms. The van der Waals surface area contributed by atoms with Crippen molar-refractivity contribution >= 4 is 22.4 Å². The number of anilines is 1. The molecule has 0 saturated heterocycles. The Bertz CT molecular complexity index is 959. The first-order valence-corrected chi connectivity index (χ1v) is 8.19. The van der Waals surface area contributed by atoms with Gasteiger partial charge in [-0.15, -0.1) is 0 Å². The Morgan fingerprint density at radius 1 is 1.31 bits per heavy atom. The molecule has 3 rings (SSSR count). The highest BCUT2D eigenvalue weighted by Gasteiger charge is 2.09. The fraction of sp³-hybridized carbons (Fsp3) is 0.211. The van der Waals surface area contributed by atoms with Crippen LogP contribution in [0.25, 0.3) is 16.5 Å². The number of rotatable bonds is 7. The lowest BCUT2D eigenvalue weighted by Gasteiger charge is -2.08. The van der Waals surface area contributed by atoms with Gasteiger partial charge in [0.25, 0.3) is 0 Å². The molecule has 134 valence electrons. The predicted molar refractivity (Wildman–Crippen MR) is 101 cm³/mol. The molecular weight excluding hydrogens is 333 g/mol. The lowest BCUT2D eigenvalue weighted by Crippen LogP contribution is -2.10. The molecule has 0 saturated carbocycles. The smallest absolute Gasteiger partial charge is 0.321 e. The first-order valence-electron chi connectivity index (χ1n) is 8.19. The number of methoxy groups -OCH3 is 1. The second-order valence-electron chi connectivity index (χ2n) is 5.76. The second kappa shape index (κ2) is 7.77. The highest BCUT2D eigenvalue weighted by Crippen LogP contribution is 2.19. The maximum atomic E-state index is 13.1. The number of halogens is 1. The Labute approximate surface area is 150 Å². The van der Waals surface area contributed by atoms with Crippen molar-refractivity contribution in [2.75, 3.05) is 19.0 Å². The van der Waals surface area contributed by atoms with E-state index in [2.05, 4.69) is 37.9 Å². The number of para-hydroxylation sites is 1. The van der Waals surface area contributed by atoms with Gasteiger partial charge in [-0.05, 0) is 31.1 Å². The third-order valence-electron chi connectivity index (χ3n) is 3.81. The number of allylic oxidation sites excluding steroid dienone is 3. The van der Waals surface area contributed by atoms with E-state index in [9.17, 15) is 4.39 Å². The Balaban J connectivity index is 1.73. The minimum atomic E-state index is -0.372. The van der Waals surface area contributed by atoms with E-state index in [1.165, 1.54) is 31.1 Å². The van der Waals surface area contributed by atoms with Crippen molar-refractivity contribution in [2.24, 2.45) is 0 Å². The molecule has 7 heteroatoms. The Hall–Kier alpha value is -3.22. The van der Waals surface area contributed by atoms with Crippen LogP contribution in [0.2, 0.25) is 0 Å². The molecule has 0 amide bonds. The van der Waals surface area contributed by atoms with Crippen molar-refractivity contribution < 1.29 is 9.13 Å². The van der Waals surface area contributed by atoms with Crippen LogP contribution >= 0.6 is 0 Å². The molecule has 2 heterocycles. The van der Waals surface area contributed by atoms with Crippen molar-refractivity contribution in [2.45, 2.75) is 13.3 Å². The van der Waals surface area contributed by atoms with Gasteiger partial charge >= 0.3 is 6.01 Å². The van der Waals surface area contributed by atoms with Gasteiger partial charge in [-0.3, -0.25) is 0 Å². The number of nitrogens with zero attached hydrogens (tertiary/aromatic N) is 3. The van der Waals surface area contributed by atoms with Gasteiger partial charge in [0, 0.05) is 29.2 Å². The molecule has 0 aliphatic rings. The Morgan fingerprint density at radius 3 is 2.88 bits per heavy atom. The fourth-order valence-electron chi connectivity index (χ4n) is 2.62. The lowest BCUT2D eigenvalue weighted by atomic mass is 10.1. The largest absolute Gasteiger partial charge is 0.467 e. The van der Waals surface area contributed by atoms with E-state index in [1.54, 1.807) is 0 Å². The normalized spacial score (nSPS) is 11.6. The van der Waals surface area contributed by atoms with E-state index in [0.717, 1.165) is 11.9 Å². The van der Waals surface area contributed by atoms with Gasteiger partial charge in [0.15, 0.2) is 5.82 Å². The van der Waals surface area contributed by atoms with Crippen LogP contribution in [0.4, 0.5) is 10.3 Å². The van der Waals surface area contributed by atoms with E-state index in [1.807, 2.05) is 24.4 Å². The molecule has 0 radical (unpaired) electrons. The van der Waals surface area contributed by atoms with E-state index >= 15 is 0 Å². The van der Waals surface area contributed by atoms with Crippen LogP contribution in [0, 0.1) is 0 Å². The molecule has 1 aromatic carbocycles. The zero-order valence-corrected chi connectivity index (χ0v) is 14.7. The third-order valence-corrected chi connectivity index (χ3v) is 3.81. The quantitative estimate of drug-likeness (QED) is 0.630. The summed E-state index contributed by atoms with van der Waals surface area (Å²) in [5, 5.41) is 4.35. The maximum Gasteiger partial charge on any atom is 0.321 e. The number of nitrogens with one attached hydrogen (secondary N) is 2. The zero-order chi connectivity index (χ0) is 18.5. The van der Waals surface area contributed by atoms with E-state index in [-0.39, 0.29) is 17.7 Å². The fourth-order valence-corrected chi connectivity index (χ4v) is 2.62. The molecule has 6 nitrogen and oxygen atoms in total. The number of H-pyrrole nitrogens is 1. The first-order chi connectivity index (χ1) is 12.6. The summed E-state index contributed by atoms with van der Waals surface area (Å²) in [6.07, 6.45) is 4.06. The highest BCUT2D eigenvalue weighted by atomic mass is 19.1. The van der Waals surface area contributed by atoms with Crippen LogP contribution in [0.15, 0.2) is 48.9 Å². The van der Waals surface area contributed by atoms with Gasteiger partial charge in [0.1, 0.15) is 0 Å². The van der Waals surface area contributed by atoms with Crippen LogP contribution in [-0.2, 0) is 6.42 Å². The Kier molecular flexibility index (Phi) is 5.26. The van der Waals surface area contributed by atoms with Crippen molar-refractivity contribution in [3.8, 4) is 6.01 Å². The van der Waals surface area contributed by atoms with Crippen molar-refractivity contribution in [3.05, 3.63) is 60.3 Å². The summed E-state index contributed by atoms with van der Waals surface area (Å²) in [6, 6.07) is 8.29. The summed E-state index contributed by atoms with van der Waals surface area (Å²) >= 11 is 0. The SMILES string of the molecule is C=C(/C=C(\C)F)c1nc(NCCc2c[nH]c3ccccc23)nc(OC)n1. The molecule has 0 atom stereocenters. The van der Waals surface area contributed by atoms with Crippen LogP contribution in [0.3, 0.4) is 0 Å². The zero-order valence-electron chi connectivity index (χ0n) is 14.7. The molecule has 0 unspecified atom stereocenters. The third kappa shape index (κ3) is 4.05. The number of hydrogen-bond acceptors (Lipinski definition) is 5. The molecular formula is C19H20FN5O. The monoisotopic (exact) mass is 353 g/mol. The summed E-state index contributed by atoms with van der Waals surface area (Å²) in [6.45, 7) is 5.74. The number of benzene rings is 1. The standard InChI is InChI=1S/C19H20FN5O/c1-12(10-13(2)20)17-23-18(25-19(24-17)26-3)21-9-8-14-11-22-16-7-5-4-6-15(14)16/h4-7,10-11,22H,1,8-9H2,2-3H3,(H,21,23,24,25)/b13-10+. The molecule has 0 aliphatic heterocycles. The number of ether oxygens (including phenoxy) is 1. The number of aromatic amines is 1. The van der Waals surface area contributed by atoms with Crippen LogP contribution in [-0.4, -0.2) is 33.6 Å². The summed E-state index contributed by atoms with van der Waals surface area (Å²) in [4.78, 5) is 15.8. The summed E-state index contributed by atoms with van der Waals surface area (Å²) in [7, 11) is 1.47. The molecule has 0 fully saturated rings. The molecule has 0 bridgehead atoms. The summed E-state index contributed by atoms with van der Waals surface area (Å²) in [5.74, 6) is 0.254. The number of fused-ring (bicyclic) bond motifs is 1. The topological polar surface area (TPSA) is 75.7 Å².